The Morgan fingerprint density at radius 2 is 2.30 bits per heavy atom. The van der Waals surface area contributed by atoms with Gasteiger partial charge < -0.3 is 9.40 Å². The fraction of sp³-hybridized carbons (Fsp3) is 0.118. The highest BCUT2D eigenvalue weighted by molar-refractivity contribution is 5.96. The molecular weight excluding hydrogens is 248 g/mol. The number of hydrogen-bond acceptors (Lipinski definition) is 2. The third-order valence-electron chi connectivity index (χ3n) is 3.79. The number of benzene rings is 1. The molecule has 0 bridgehead atoms. The molecule has 0 atom stereocenters. The van der Waals surface area contributed by atoms with Crippen LogP contribution in [0.25, 0.3) is 16.5 Å². The minimum Gasteiger partial charge on any atom is -0.357 e. The van der Waals surface area contributed by atoms with E-state index in [-0.39, 0.29) is 0 Å². The number of nitrogens with zero attached hydrogens (tertiary/aromatic N) is 2. The molecule has 3 nitrogen and oxygen atoms in total. The maximum absolute atomic E-state index is 5.36. The van der Waals surface area contributed by atoms with Crippen LogP contribution < -0.4 is 0 Å². The minimum absolute atomic E-state index is 0.849. The zero-order valence-electron chi connectivity index (χ0n) is 11.1. The zero-order valence-corrected chi connectivity index (χ0v) is 11.1. The first-order valence-electron chi connectivity index (χ1n) is 6.61. The lowest BCUT2D eigenvalue weighted by molar-refractivity contribution is 0.234. The van der Waals surface area contributed by atoms with E-state index in [0.29, 0.717) is 0 Å². The molecule has 1 aliphatic heterocycles. The average Bonchev–Trinajstić information content (AvgIpc) is 2.88. The van der Waals surface area contributed by atoms with Crippen LogP contribution in [0.4, 0.5) is 0 Å². The molecule has 0 amide bonds. The second-order valence-corrected chi connectivity index (χ2v) is 4.98. The molecular formula is C17H13N2O. The lowest BCUT2D eigenvalue weighted by Crippen LogP contribution is -2.02. The Bertz CT molecular complexity index is 819. The predicted octanol–water partition coefficient (Wildman–Crippen LogP) is 3.59. The molecule has 3 heteroatoms. The van der Waals surface area contributed by atoms with Crippen molar-refractivity contribution in [3.05, 3.63) is 65.6 Å². The van der Waals surface area contributed by atoms with Crippen molar-refractivity contribution < 1.29 is 4.84 Å². The summed E-state index contributed by atoms with van der Waals surface area (Å²) in [6, 6.07) is 8.36. The van der Waals surface area contributed by atoms with Gasteiger partial charge in [0.05, 0.1) is 12.4 Å². The SMILES string of the molecule is Cn1[c]cc2c(C3=CCC4=CC=NOC4=C3)cccc21. The van der Waals surface area contributed by atoms with Gasteiger partial charge in [-0.15, -0.1) is 0 Å². The number of rotatable bonds is 1. The number of aryl methyl sites for hydroxylation is 1. The molecule has 0 unspecified atom stereocenters. The Labute approximate surface area is 117 Å². The van der Waals surface area contributed by atoms with Gasteiger partial charge in [0.15, 0.2) is 5.76 Å². The van der Waals surface area contributed by atoms with Crippen molar-refractivity contribution in [2.75, 3.05) is 0 Å². The van der Waals surface area contributed by atoms with E-state index in [0.717, 1.165) is 12.2 Å². The third-order valence-corrected chi connectivity index (χ3v) is 3.79. The molecule has 4 rings (SSSR count). The third kappa shape index (κ3) is 1.63. The zero-order chi connectivity index (χ0) is 13.5. The molecule has 1 aromatic heterocycles. The first kappa shape index (κ1) is 11.3. The molecule has 2 heterocycles. The van der Waals surface area contributed by atoms with Crippen LogP contribution in [0.3, 0.4) is 0 Å². The van der Waals surface area contributed by atoms with E-state index in [1.807, 2.05) is 23.8 Å². The van der Waals surface area contributed by atoms with E-state index in [4.69, 9.17) is 4.84 Å². The number of fused-ring (bicyclic) bond motifs is 2. The molecule has 1 aliphatic carbocycles. The van der Waals surface area contributed by atoms with Gasteiger partial charge in [-0.1, -0.05) is 23.4 Å². The second kappa shape index (κ2) is 4.23. The molecule has 2 aliphatic rings. The summed E-state index contributed by atoms with van der Waals surface area (Å²) in [5.41, 5.74) is 4.75. The molecule has 0 saturated carbocycles. The van der Waals surface area contributed by atoms with Crippen molar-refractivity contribution in [1.82, 2.24) is 4.57 Å². The van der Waals surface area contributed by atoms with Gasteiger partial charge in [0.2, 0.25) is 0 Å². The van der Waals surface area contributed by atoms with Gasteiger partial charge in [-0.2, -0.15) is 0 Å². The van der Waals surface area contributed by atoms with Gasteiger partial charge in [-0.25, -0.2) is 0 Å². The quantitative estimate of drug-likeness (QED) is 0.770. The van der Waals surface area contributed by atoms with Gasteiger partial charge in [0.25, 0.3) is 0 Å². The van der Waals surface area contributed by atoms with Gasteiger partial charge >= 0.3 is 0 Å². The molecule has 2 aromatic rings. The Morgan fingerprint density at radius 1 is 1.35 bits per heavy atom. The van der Waals surface area contributed by atoms with E-state index in [1.54, 1.807) is 6.21 Å². The Kier molecular flexibility index (Phi) is 2.39. The summed E-state index contributed by atoms with van der Waals surface area (Å²) in [4.78, 5) is 5.36. The van der Waals surface area contributed by atoms with E-state index in [9.17, 15) is 0 Å². The second-order valence-electron chi connectivity index (χ2n) is 4.98. The highest BCUT2D eigenvalue weighted by atomic mass is 16.6. The molecule has 0 spiro atoms. The van der Waals surface area contributed by atoms with Gasteiger partial charge in [-0.3, -0.25) is 0 Å². The minimum atomic E-state index is 0.849. The van der Waals surface area contributed by atoms with Crippen LogP contribution in [0.1, 0.15) is 12.0 Å². The van der Waals surface area contributed by atoms with Gasteiger partial charge in [0, 0.05) is 23.5 Å². The van der Waals surface area contributed by atoms with Crippen molar-refractivity contribution in [3.63, 3.8) is 0 Å². The van der Waals surface area contributed by atoms with Crippen LogP contribution in [0.2, 0.25) is 0 Å². The van der Waals surface area contributed by atoms with E-state index in [1.165, 1.54) is 27.6 Å². The van der Waals surface area contributed by atoms with Crippen LogP contribution in [0.15, 0.2) is 59.0 Å². The number of allylic oxidation sites excluding steroid dienone is 5. The van der Waals surface area contributed by atoms with Crippen LogP contribution >= 0.6 is 0 Å². The molecule has 1 aromatic carbocycles. The van der Waals surface area contributed by atoms with Crippen molar-refractivity contribution >= 4 is 22.7 Å². The number of aromatic nitrogens is 1. The normalized spacial score (nSPS) is 17.1. The highest BCUT2D eigenvalue weighted by Crippen LogP contribution is 2.33. The summed E-state index contributed by atoms with van der Waals surface area (Å²) in [6.07, 6.45) is 12.1. The average molecular weight is 261 g/mol. The summed E-state index contributed by atoms with van der Waals surface area (Å²) >= 11 is 0. The van der Waals surface area contributed by atoms with Crippen LogP contribution in [0, 0.1) is 6.20 Å². The Hall–Kier alpha value is -2.55. The summed E-state index contributed by atoms with van der Waals surface area (Å²) in [6.45, 7) is 0. The van der Waals surface area contributed by atoms with E-state index >= 15 is 0 Å². The molecule has 0 fully saturated rings. The van der Waals surface area contributed by atoms with Crippen molar-refractivity contribution in [1.29, 1.82) is 0 Å². The smallest absolute Gasteiger partial charge is 0.162 e. The van der Waals surface area contributed by atoms with Crippen molar-refractivity contribution in [2.45, 2.75) is 6.42 Å². The highest BCUT2D eigenvalue weighted by Gasteiger charge is 2.17. The maximum atomic E-state index is 5.36. The largest absolute Gasteiger partial charge is 0.357 e. The summed E-state index contributed by atoms with van der Waals surface area (Å²) in [7, 11) is 2.01. The molecule has 0 N–H and O–H groups in total. The standard InChI is InChI=1S/C17H13N2O/c1-19-10-8-15-14(3-2-4-16(15)19)13-6-5-12-7-9-18-20-17(12)11-13/h2-4,6-9,11H,5H2,1H3. The van der Waals surface area contributed by atoms with Crippen LogP contribution in [-0.2, 0) is 11.9 Å². The molecule has 20 heavy (non-hydrogen) atoms. The lowest BCUT2D eigenvalue weighted by atomic mass is 9.93. The first-order chi connectivity index (χ1) is 9.83. The number of oxime groups is 1. The summed E-state index contributed by atoms with van der Waals surface area (Å²) in [5, 5.41) is 5.06. The maximum Gasteiger partial charge on any atom is 0.162 e. The molecule has 97 valence electrons. The first-order valence-corrected chi connectivity index (χ1v) is 6.61. The Balaban J connectivity index is 1.85. The van der Waals surface area contributed by atoms with Crippen molar-refractivity contribution in [2.24, 2.45) is 12.2 Å². The fourth-order valence-corrected chi connectivity index (χ4v) is 2.72. The molecule has 0 saturated heterocycles. The fourth-order valence-electron chi connectivity index (χ4n) is 2.72. The summed E-state index contributed by atoms with van der Waals surface area (Å²) < 4.78 is 2.02. The van der Waals surface area contributed by atoms with Crippen LogP contribution in [0.5, 0.6) is 0 Å². The van der Waals surface area contributed by atoms with Gasteiger partial charge in [0.1, 0.15) is 0 Å². The number of hydrogen-bond donors (Lipinski definition) is 0. The lowest BCUT2D eigenvalue weighted by Gasteiger charge is -2.17. The summed E-state index contributed by atoms with van der Waals surface area (Å²) in [5.74, 6) is 0.849. The topological polar surface area (TPSA) is 26.5 Å². The van der Waals surface area contributed by atoms with Gasteiger partial charge in [-0.05, 0) is 41.8 Å². The van der Waals surface area contributed by atoms with E-state index < -0.39 is 0 Å². The van der Waals surface area contributed by atoms with Crippen LogP contribution in [-0.4, -0.2) is 10.8 Å². The predicted molar refractivity (Wildman–Crippen MR) is 80.1 cm³/mol. The monoisotopic (exact) mass is 261 g/mol. The van der Waals surface area contributed by atoms with E-state index in [2.05, 4.69) is 41.7 Å². The molecule has 1 radical (unpaired) electrons. The van der Waals surface area contributed by atoms with Crippen molar-refractivity contribution in [3.8, 4) is 0 Å². The Morgan fingerprint density at radius 3 is 3.25 bits per heavy atom.